The van der Waals surface area contributed by atoms with Crippen LogP contribution in [0, 0.1) is 13.8 Å². The van der Waals surface area contributed by atoms with Crippen LogP contribution in [0.1, 0.15) is 17.5 Å². The Labute approximate surface area is 130 Å². The van der Waals surface area contributed by atoms with Gasteiger partial charge >= 0.3 is 5.97 Å². The number of carboxylic acids is 1. The number of nitrogens with one attached hydrogen (secondary N) is 2. The fourth-order valence-electron chi connectivity index (χ4n) is 2.74. The normalized spacial score (nSPS) is 17.0. The molecular weight excluding hydrogens is 282 g/mol. The smallest absolute Gasteiger partial charge is 0.321 e. The molecule has 2 rings (SSSR count). The number of carboxylic acid groups (broad SMARTS) is 1. The number of benzene rings is 1. The Morgan fingerprint density at radius 1 is 1.27 bits per heavy atom. The number of piperazine rings is 1. The lowest BCUT2D eigenvalue weighted by Crippen LogP contribution is -2.52. The highest BCUT2D eigenvalue weighted by Gasteiger charge is 2.29. The Kier molecular flexibility index (Phi) is 5.51. The summed E-state index contributed by atoms with van der Waals surface area (Å²) in [6.45, 7) is 6.65. The summed E-state index contributed by atoms with van der Waals surface area (Å²) >= 11 is 0. The lowest BCUT2D eigenvalue weighted by Gasteiger charge is -2.32. The second-order valence-corrected chi connectivity index (χ2v) is 5.66. The Balaban J connectivity index is 2.03. The summed E-state index contributed by atoms with van der Waals surface area (Å²) in [6.07, 6.45) is -0.0386. The predicted molar refractivity (Wildman–Crippen MR) is 85.0 cm³/mol. The second kappa shape index (κ2) is 7.38. The first-order valence-corrected chi connectivity index (χ1v) is 7.52. The minimum atomic E-state index is -0.946. The van der Waals surface area contributed by atoms with Gasteiger partial charge in [-0.1, -0.05) is 18.2 Å². The molecule has 1 atom stereocenters. The molecule has 0 aliphatic carbocycles. The van der Waals surface area contributed by atoms with E-state index in [2.05, 4.69) is 10.6 Å². The maximum atomic E-state index is 12.3. The fourth-order valence-corrected chi connectivity index (χ4v) is 2.74. The molecule has 6 nitrogen and oxygen atoms in total. The van der Waals surface area contributed by atoms with E-state index in [-0.39, 0.29) is 12.3 Å². The first-order valence-electron chi connectivity index (χ1n) is 7.52. The largest absolute Gasteiger partial charge is 0.480 e. The summed E-state index contributed by atoms with van der Waals surface area (Å²) < 4.78 is 0. The third-order valence-corrected chi connectivity index (χ3v) is 4.00. The number of amides is 1. The van der Waals surface area contributed by atoms with E-state index in [1.165, 1.54) is 0 Å². The van der Waals surface area contributed by atoms with Gasteiger partial charge in [0, 0.05) is 31.9 Å². The fraction of sp³-hybridized carbons (Fsp3) is 0.500. The van der Waals surface area contributed by atoms with E-state index in [1.54, 1.807) is 0 Å². The molecule has 0 radical (unpaired) electrons. The minimum absolute atomic E-state index is 0.0386. The van der Waals surface area contributed by atoms with Crippen molar-refractivity contribution in [1.29, 1.82) is 0 Å². The maximum absolute atomic E-state index is 12.3. The van der Waals surface area contributed by atoms with E-state index in [4.69, 9.17) is 0 Å². The highest BCUT2D eigenvalue weighted by atomic mass is 16.4. The van der Waals surface area contributed by atoms with E-state index >= 15 is 0 Å². The van der Waals surface area contributed by atoms with Crippen LogP contribution in [0.5, 0.6) is 0 Å². The SMILES string of the molecule is Cc1cccc(C)c1NC(=O)C[C@H](C(=O)O)N1CCNCC1. The average molecular weight is 305 g/mol. The molecule has 1 aromatic carbocycles. The maximum Gasteiger partial charge on any atom is 0.321 e. The highest BCUT2D eigenvalue weighted by Crippen LogP contribution is 2.20. The molecule has 1 heterocycles. The number of aryl methyl sites for hydroxylation is 2. The summed E-state index contributed by atoms with van der Waals surface area (Å²) in [5, 5.41) is 15.4. The summed E-state index contributed by atoms with van der Waals surface area (Å²) in [4.78, 5) is 25.6. The average Bonchev–Trinajstić information content (AvgIpc) is 2.49. The van der Waals surface area contributed by atoms with Crippen molar-refractivity contribution in [3.63, 3.8) is 0 Å². The van der Waals surface area contributed by atoms with Crippen LogP contribution in [-0.4, -0.2) is 54.1 Å². The van der Waals surface area contributed by atoms with Gasteiger partial charge in [0.25, 0.3) is 0 Å². The molecule has 0 bridgehead atoms. The van der Waals surface area contributed by atoms with Crippen molar-refractivity contribution in [2.75, 3.05) is 31.5 Å². The number of anilines is 1. The molecular formula is C16H23N3O3. The van der Waals surface area contributed by atoms with Crippen LogP contribution in [-0.2, 0) is 9.59 Å². The van der Waals surface area contributed by atoms with E-state index in [0.29, 0.717) is 13.1 Å². The van der Waals surface area contributed by atoms with Crippen LogP contribution in [0.25, 0.3) is 0 Å². The zero-order valence-corrected chi connectivity index (χ0v) is 13.1. The number of para-hydroxylation sites is 1. The first kappa shape index (κ1) is 16.5. The van der Waals surface area contributed by atoms with E-state index in [9.17, 15) is 14.7 Å². The van der Waals surface area contributed by atoms with Crippen molar-refractivity contribution in [2.24, 2.45) is 0 Å². The van der Waals surface area contributed by atoms with E-state index in [1.807, 2.05) is 36.9 Å². The number of carbonyl (C=O) groups excluding carboxylic acids is 1. The number of hydrogen-bond acceptors (Lipinski definition) is 4. The van der Waals surface area contributed by atoms with Gasteiger partial charge in [-0.3, -0.25) is 14.5 Å². The summed E-state index contributed by atoms with van der Waals surface area (Å²) in [5.74, 6) is -1.21. The van der Waals surface area contributed by atoms with Crippen molar-refractivity contribution in [3.05, 3.63) is 29.3 Å². The molecule has 1 aromatic rings. The van der Waals surface area contributed by atoms with Gasteiger partial charge in [-0.25, -0.2) is 0 Å². The topological polar surface area (TPSA) is 81.7 Å². The molecule has 0 spiro atoms. The third kappa shape index (κ3) is 4.05. The van der Waals surface area contributed by atoms with Gasteiger partial charge in [-0.15, -0.1) is 0 Å². The zero-order valence-electron chi connectivity index (χ0n) is 13.1. The molecule has 0 aromatic heterocycles. The lowest BCUT2D eigenvalue weighted by molar-refractivity contribution is -0.145. The van der Waals surface area contributed by atoms with Gasteiger partial charge in [-0.05, 0) is 25.0 Å². The Bertz CT molecular complexity index is 533. The summed E-state index contributed by atoms with van der Waals surface area (Å²) in [5.41, 5.74) is 2.72. The van der Waals surface area contributed by atoms with E-state index < -0.39 is 12.0 Å². The van der Waals surface area contributed by atoms with Gasteiger partial charge in [0.15, 0.2) is 0 Å². The van der Waals surface area contributed by atoms with Crippen LogP contribution in [0.3, 0.4) is 0 Å². The highest BCUT2D eigenvalue weighted by molar-refractivity contribution is 5.95. The Hall–Kier alpha value is -1.92. The standard InChI is InChI=1S/C16H23N3O3/c1-11-4-3-5-12(2)15(11)18-14(20)10-13(16(21)22)19-8-6-17-7-9-19/h3-5,13,17H,6-10H2,1-2H3,(H,18,20)(H,21,22)/t13-/m1/s1. The van der Waals surface area contributed by atoms with Gasteiger partial charge < -0.3 is 15.7 Å². The van der Waals surface area contributed by atoms with Crippen LogP contribution >= 0.6 is 0 Å². The molecule has 1 saturated heterocycles. The third-order valence-electron chi connectivity index (χ3n) is 4.00. The number of nitrogens with zero attached hydrogens (tertiary/aromatic N) is 1. The molecule has 0 unspecified atom stereocenters. The molecule has 1 amide bonds. The molecule has 1 aliphatic rings. The van der Waals surface area contributed by atoms with E-state index in [0.717, 1.165) is 29.9 Å². The quantitative estimate of drug-likeness (QED) is 0.756. The molecule has 1 fully saturated rings. The van der Waals surface area contributed by atoms with Gasteiger partial charge in [0.1, 0.15) is 6.04 Å². The van der Waals surface area contributed by atoms with Crippen molar-refractivity contribution in [2.45, 2.75) is 26.3 Å². The Morgan fingerprint density at radius 3 is 2.41 bits per heavy atom. The van der Waals surface area contributed by atoms with Crippen molar-refractivity contribution >= 4 is 17.6 Å². The number of carbonyl (C=O) groups is 2. The number of aliphatic carboxylic acids is 1. The molecule has 6 heteroatoms. The van der Waals surface area contributed by atoms with Crippen LogP contribution in [0.4, 0.5) is 5.69 Å². The lowest BCUT2D eigenvalue weighted by atomic mass is 10.1. The van der Waals surface area contributed by atoms with Crippen molar-refractivity contribution in [3.8, 4) is 0 Å². The molecule has 1 aliphatic heterocycles. The monoisotopic (exact) mass is 305 g/mol. The number of rotatable bonds is 5. The first-order chi connectivity index (χ1) is 10.5. The van der Waals surface area contributed by atoms with Crippen LogP contribution in [0.2, 0.25) is 0 Å². The Morgan fingerprint density at radius 2 is 1.86 bits per heavy atom. The predicted octanol–water partition coefficient (Wildman–Crippen LogP) is 0.990. The summed E-state index contributed by atoms with van der Waals surface area (Å²) in [7, 11) is 0. The van der Waals surface area contributed by atoms with Gasteiger partial charge in [0.05, 0.1) is 6.42 Å². The van der Waals surface area contributed by atoms with Crippen LogP contribution < -0.4 is 10.6 Å². The molecule has 22 heavy (non-hydrogen) atoms. The number of hydrogen-bond donors (Lipinski definition) is 3. The molecule has 120 valence electrons. The molecule has 0 saturated carbocycles. The van der Waals surface area contributed by atoms with Crippen molar-refractivity contribution < 1.29 is 14.7 Å². The second-order valence-electron chi connectivity index (χ2n) is 5.66. The molecule has 3 N–H and O–H groups in total. The zero-order chi connectivity index (χ0) is 16.1. The minimum Gasteiger partial charge on any atom is -0.480 e. The van der Waals surface area contributed by atoms with Crippen LogP contribution in [0.15, 0.2) is 18.2 Å². The van der Waals surface area contributed by atoms with Gasteiger partial charge in [0.2, 0.25) is 5.91 Å². The van der Waals surface area contributed by atoms with Gasteiger partial charge in [-0.2, -0.15) is 0 Å². The van der Waals surface area contributed by atoms with Crippen molar-refractivity contribution in [1.82, 2.24) is 10.2 Å². The summed E-state index contributed by atoms with van der Waals surface area (Å²) in [6, 6.07) is 5.01.